The van der Waals surface area contributed by atoms with Crippen LogP contribution in [0.4, 0.5) is 0 Å². The van der Waals surface area contributed by atoms with Crippen molar-refractivity contribution in [2.75, 3.05) is 6.54 Å². The highest BCUT2D eigenvalue weighted by Crippen LogP contribution is 2.37. The van der Waals surface area contributed by atoms with Crippen LogP contribution in [0.2, 0.25) is 10.0 Å². The Labute approximate surface area is 129 Å². The van der Waals surface area contributed by atoms with Gasteiger partial charge in [0.2, 0.25) is 0 Å². The fourth-order valence-electron chi connectivity index (χ4n) is 1.82. The molecule has 1 nitrogen and oxygen atoms in total. The van der Waals surface area contributed by atoms with Crippen LogP contribution in [0.25, 0.3) is 0 Å². The van der Waals surface area contributed by atoms with Crippen LogP contribution < -0.4 is 5.32 Å². The Kier molecular flexibility index (Phi) is 5.10. The summed E-state index contributed by atoms with van der Waals surface area (Å²) in [5.41, 5.74) is 0.942. The van der Waals surface area contributed by atoms with Crippen molar-refractivity contribution in [3.8, 4) is 0 Å². The Hall–Kier alpha value is -0.0600. The maximum absolute atomic E-state index is 6.29. The zero-order chi connectivity index (χ0) is 13.1. The lowest BCUT2D eigenvalue weighted by Crippen LogP contribution is -2.21. The molecular weight excluding hydrogens is 353 g/mol. The van der Waals surface area contributed by atoms with Crippen LogP contribution in [0, 0.1) is 0 Å². The Morgan fingerprint density at radius 1 is 1.22 bits per heavy atom. The summed E-state index contributed by atoms with van der Waals surface area (Å²) in [5.74, 6) is 0. The molecule has 0 aliphatic heterocycles. The number of benzene rings is 1. The lowest BCUT2D eigenvalue weighted by atomic mass is 10.1. The summed E-state index contributed by atoms with van der Waals surface area (Å²) < 4.78 is 1.10. The summed E-state index contributed by atoms with van der Waals surface area (Å²) >= 11 is 17.7. The molecule has 0 spiro atoms. The second-order valence-corrected chi connectivity index (χ2v) is 7.08. The van der Waals surface area contributed by atoms with Crippen LogP contribution in [0.3, 0.4) is 0 Å². The molecule has 0 saturated carbocycles. The van der Waals surface area contributed by atoms with E-state index >= 15 is 0 Å². The van der Waals surface area contributed by atoms with Gasteiger partial charge in [0, 0.05) is 20.5 Å². The highest BCUT2D eigenvalue weighted by Gasteiger charge is 2.20. The van der Waals surface area contributed by atoms with Crippen LogP contribution in [0.1, 0.15) is 23.4 Å². The van der Waals surface area contributed by atoms with E-state index in [2.05, 4.69) is 34.2 Å². The van der Waals surface area contributed by atoms with Gasteiger partial charge in [0.1, 0.15) is 0 Å². The summed E-state index contributed by atoms with van der Waals surface area (Å²) in [6.45, 7) is 2.92. The first-order valence-corrected chi connectivity index (χ1v) is 7.92. The molecule has 18 heavy (non-hydrogen) atoms. The first-order chi connectivity index (χ1) is 8.63. The van der Waals surface area contributed by atoms with Crippen molar-refractivity contribution in [2.24, 2.45) is 0 Å². The highest BCUT2D eigenvalue weighted by atomic mass is 79.9. The maximum Gasteiger partial charge on any atom is 0.0702 e. The lowest BCUT2D eigenvalue weighted by molar-refractivity contribution is 0.640. The van der Waals surface area contributed by atoms with Crippen molar-refractivity contribution in [1.82, 2.24) is 5.32 Å². The number of halogens is 3. The van der Waals surface area contributed by atoms with Crippen molar-refractivity contribution in [3.05, 3.63) is 54.6 Å². The van der Waals surface area contributed by atoms with Crippen molar-refractivity contribution < 1.29 is 0 Å². The predicted molar refractivity (Wildman–Crippen MR) is 84.0 cm³/mol. The highest BCUT2D eigenvalue weighted by molar-refractivity contribution is 9.11. The minimum atomic E-state index is 0.0347. The SMILES string of the molecule is CCNC(c1ccc(Br)s1)c1c(Cl)cccc1Cl. The Morgan fingerprint density at radius 3 is 2.39 bits per heavy atom. The van der Waals surface area contributed by atoms with E-state index in [1.165, 1.54) is 4.88 Å². The Balaban J connectivity index is 2.47. The van der Waals surface area contributed by atoms with Gasteiger partial charge in [-0.1, -0.05) is 36.2 Å². The number of hydrogen-bond donors (Lipinski definition) is 1. The minimum Gasteiger partial charge on any atom is -0.306 e. The fourth-order valence-corrected chi connectivity index (χ4v) is 3.94. The molecule has 96 valence electrons. The van der Waals surface area contributed by atoms with Gasteiger partial charge in [0.05, 0.1) is 9.83 Å². The molecule has 0 radical (unpaired) electrons. The number of rotatable bonds is 4. The van der Waals surface area contributed by atoms with Gasteiger partial charge in [0.25, 0.3) is 0 Å². The molecular formula is C13H12BrCl2NS. The molecule has 1 unspecified atom stereocenters. The summed E-state index contributed by atoms with van der Waals surface area (Å²) in [7, 11) is 0. The molecule has 0 amide bonds. The summed E-state index contributed by atoms with van der Waals surface area (Å²) in [6, 6.07) is 9.76. The molecule has 0 fully saturated rings. The first-order valence-electron chi connectivity index (χ1n) is 5.56. The number of thiophene rings is 1. The molecule has 5 heteroatoms. The maximum atomic E-state index is 6.29. The quantitative estimate of drug-likeness (QED) is 0.753. The van der Waals surface area contributed by atoms with Gasteiger partial charge in [0.15, 0.2) is 0 Å². The third-order valence-corrected chi connectivity index (χ3v) is 4.92. The van der Waals surface area contributed by atoms with Crippen LogP contribution in [-0.4, -0.2) is 6.54 Å². The number of nitrogens with one attached hydrogen (secondary N) is 1. The first kappa shape index (κ1) is 14.4. The molecule has 1 heterocycles. The molecule has 0 aliphatic carbocycles. The van der Waals surface area contributed by atoms with Crippen molar-refractivity contribution >= 4 is 50.5 Å². The molecule has 2 aromatic rings. The lowest BCUT2D eigenvalue weighted by Gasteiger charge is -2.19. The summed E-state index contributed by atoms with van der Waals surface area (Å²) in [6.07, 6.45) is 0. The van der Waals surface area contributed by atoms with E-state index in [0.29, 0.717) is 10.0 Å². The van der Waals surface area contributed by atoms with E-state index in [1.807, 2.05) is 24.3 Å². The smallest absolute Gasteiger partial charge is 0.0702 e. The van der Waals surface area contributed by atoms with Crippen LogP contribution in [-0.2, 0) is 0 Å². The second kappa shape index (κ2) is 6.40. The van der Waals surface area contributed by atoms with E-state index in [-0.39, 0.29) is 6.04 Å². The van der Waals surface area contributed by atoms with Crippen LogP contribution >= 0.6 is 50.5 Å². The van der Waals surface area contributed by atoms with Gasteiger partial charge >= 0.3 is 0 Å². The van der Waals surface area contributed by atoms with Crippen LogP contribution in [0.15, 0.2) is 34.1 Å². The molecule has 0 bridgehead atoms. The van der Waals surface area contributed by atoms with Crippen LogP contribution in [0.5, 0.6) is 0 Å². The van der Waals surface area contributed by atoms with Crippen molar-refractivity contribution in [3.63, 3.8) is 0 Å². The Bertz CT molecular complexity index is 521. The van der Waals surface area contributed by atoms with E-state index in [0.717, 1.165) is 15.9 Å². The topological polar surface area (TPSA) is 12.0 Å². The summed E-state index contributed by atoms with van der Waals surface area (Å²) in [5, 5.41) is 4.82. The molecule has 2 rings (SSSR count). The van der Waals surface area contributed by atoms with Gasteiger partial charge in [-0.05, 0) is 46.7 Å². The zero-order valence-electron chi connectivity index (χ0n) is 9.71. The average molecular weight is 365 g/mol. The third kappa shape index (κ3) is 3.09. The Morgan fingerprint density at radius 2 is 1.89 bits per heavy atom. The average Bonchev–Trinajstić information content (AvgIpc) is 2.74. The van der Waals surface area contributed by atoms with E-state index in [4.69, 9.17) is 23.2 Å². The van der Waals surface area contributed by atoms with Gasteiger partial charge < -0.3 is 5.32 Å². The van der Waals surface area contributed by atoms with Crippen molar-refractivity contribution in [1.29, 1.82) is 0 Å². The van der Waals surface area contributed by atoms with Crippen molar-refractivity contribution in [2.45, 2.75) is 13.0 Å². The van der Waals surface area contributed by atoms with Gasteiger partial charge in [-0.3, -0.25) is 0 Å². The normalized spacial score (nSPS) is 12.7. The molecule has 0 saturated heterocycles. The predicted octanol–water partition coefficient (Wildman–Crippen LogP) is 5.52. The van der Waals surface area contributed by atoms with E-state index < -0.39 is 0 Å². The molecule has 1 aromatic heterocycles. The molecule has 1 atom stereocenters. The molecule has 1 N–H and O–H groups in total. The van der Waals surface area contributed by atoms with E-state index in [9.17, 15) is 0 Å². The summed E-state index contributed by atoms with van der Waals surface area (Å²) in [4.78, 5) is 1.19. The van der Waals surface area contributed by atoms with Gasteiger partial charge in [-0.2, -0.15) is 0 Å². The minimum absolute atomic E-state index is 0.0347. The standard InChI is InChI=1S/C13H12BrCl2NS/c1-2-17-13(10-6-7-11(14)18-10)12-8(15)4-3-5-9(12)16/h3-7,13,17H,2H2,1H3. The monoisotopic (exact) mass is 363 g/mol. The third-order valence-electron chi connectivity index (χ3n) is 2.58. The molecule has 0 aliphatic rings. The second-order valence-electron chi connectivity index (χ2n) is 3.77. The molecule has 1 aromatic carbocycles. The van der Waals surface area contributed by atoms with Gasteiger partial charge in [-0.15, -0.1) is 11.3 Å². The fraction of sp³-hybridized carbons (Fsp3) is 0.231. The van der Waals surface area contributed by atoms with E-state index in [1.54, 1.807) is 11.3 Å². The number of hydrogen-bond acceptors (Lipinski definition) is 2. The largest absolute Gasteiger partial charge is 0.306 e. The zero-order valence-corrected chi connectivity index (χ0v) is 13.6. The van der Waals surface area contributed by atoms with Gasteiger partial charge in [-0.25, -0.2) is 0 Å².